The summed E-state index contributed by atoms with van der Waals surface area (Å²) in [5, 5.41) is 0. The Morgan fingerprint density at radius 2 is 2.04 bits per heavy atom. The quantitative estimate of drug-likeness (QED) is 0.862. The minimum absolute atomic E-state index is 0.219. The van der Waals surface area contributed by atoms with Crippen LogP contribution in [0.15, 0.2) is 18.5 Å². The Morgan fingerprint density at radius 3 is 2.72 bits per heavy atom. The molecule has 4 rings (SSSR count). The highest BCUT2D eigenvalue weighted by atomic mass is 16.2. The molecule has 1 atom stereocenters. The fourth-order valence-corrected chi connectivity index (χ4v) is 3.80. The van der Waals surface area contributed by atoms with Gasteiger partial charge in [0.1, 0.15) is 11.5 Å². The van der Waals surface area contributed by atoms with Crippen LogP contribution in [-0.2, 0) is 11.8 Å². The van der Waals surface area contributed by atoms with Crippen molar-refractivity contribution >= 4 is 5.91 Å². The van der Waals surface area contributed by atoms with Crippen LogP contribution in [0.1, 0.15) is 49.5 Å². The van der Waals surface area contributed by atoms with Gasteiger partial charge in [0.2, 0.25) is 5.91 Å². The van der Waals surface area contributed by atoms with Crippen molar-refractivity contribution in [2.75, 3.05) is 13.1 Å². The monoisotopic (exact) mass is 339 g/mol. The number of aryl methyl sites for hydroxylation is 2. The van der Waals surface area contributed by atoms with E-state index < -0.39 is 0 Å². The summed E-state index contributed by atoms with van der Waals surface area (Å²) < 4.78 is 1.97. The molecule has 1 aliphatic carbocycles. The van der Waals surface area contributed by atoms with Gasteiger partial charge in [-0.15, -0.1) is 0 Å². The molecule has 0 aromatic carbocycles. The molecule has 1 aliphatic heterocycles. The summed E-state index contributed by atoms with van der Waals surface area (Å²) >= 11 is 0. The van der Waals surface area contributed by atoms with Crippen molar-refractivity contribution in [1.29, 1.82) is 0 Å². The smallest absolute Gasteiger partial charge is 0.225 e. The number of amides is 1. The van der Waals surface area contributed by atoms with E-state index in [0.717, 1.165) is 61.8 Å². The Labute approximate surface area is 148 Å². The van der Waals surface area contributed by atoms with Crippen LogP contribution >= 0.6 is 0 Å². The van der Waals surface area contributed by atoms with E-state index in [4.69, 9.17) is 4.98 Å². The minimum Gasteiger partial charge on any atom is -0.342 e. The Balaban J connectivity index is 1.57. The zero-order valence-corrected chi connectivity index (χ0v) is 15.0. The summed E-state index contributed by atoms with van der Waals surface area (Å²) in [7, 11) is 1.97. The number of aromatic nitrogens is 4. The van der Waals surface area contributed by atoms with E-state index in [0.29, 0.717) is 5.91 Å². The van der Waals surface area contributed by atoms with Crippen molar-refractivity contribution in [2.45, 2.75) is 44.9 Å². The number of hydrogen-bond acceptors (Lipinski definition) is 4. The second-order valence-electron chi connectivity index (χ2n) is 7.37. The highest BCUT2D eigenvalue weighted by Gasteiger charge is 2.33. The van der Waals surface area contributed by atoms with Crippen LogP contribution in [0.2, 0.25) is 0 Å². The van der Waals surface area contributed by atoms with Gasteiger partial charge < -0.3 is 9.47 Å². The molecule has 6 heteroatoms. The van der Waals surface area contributed by atoms with Crippen LogP contribution in [0.4, 0.5) is 0 Å². The molecule has 6 nitrogen and oxygen atoms in total. The molecular weight excluding hydrogens is 314 g/mol. The molecule has 0 unspecified atom stereocenters. The van der Waals surface area contributed by atoms with Crippen LogP contribution in [-0.4, -0.2) is 43.4 Å². The van der Waals surface area contributed by atoms with Crippen molar-refractivity contribution in [1.82, 2.24) is 24.4 Å². The number of imidazole rings is 1. The highest BCUT2D eigenvalue weighted by molar-refractivity contribution is 5.79. The van der Waals surface area contributed by atoms with Crippen molar-refractivity contribution in [2.24, 2.45) is 13.0 Å². The van der Waals surface area contributed by atoms with Gasteiger partial charge in [0.25, 0.3) is 0 Å². The summed E-state index contributed by atoms with van der Waals surface area (Å²) in [6.45, 7) is 3.63. The van der Waals surface area contributed by atoms with Gasteiger partial charge in [-0.05, 0) is 38.7 Å². The third-order valence-electron chi connectivity index (χ3n) is 5.47. The predicted molar refractivity (Wildman–Crippen MR) is 94.9 cm³/mol. The zero-order chi connectivity index (χ0) is 17.4. The Bertz CT molecular complexity index is 780. The number of likely N-dealkylation sites (tertiary alicyclic amines) is 1. The molecule has 2 fully saturated rings. The van der Waals surface area contributed by atoms with Gasteiger partial charge in [-0.3, -0.25) is 4.79 Å². The molecule has 0 spiro atoms. The van der Waals surface area contributed by atoms with Gasteiger partial charge in [-0.2, -0.15) is 0 Å². The van der Waals surface area contributed by atoms with E-state index in [1.54, 1.807) is 6.20 Å². The van der Waals surface area contributed by atoms with E-state index in [-0.39, 0.29) is 11.8 Å². The van der Waals surface area contributed by atoms with Crippen molar-refractivity contribution in [3.05, 3.63) is 30.0 Å². The maximum Gasteiger partial charge on any atom is 0.225 e. The van der Waals surface area contributed by atoms with Crippen LogP contribution in [0.25, 0.3) is 11.5 Å². The predicted octanol–water partition coefficient (Wildman–Crippen LogP) is 2.69. The fourth-order valence-electron chi connectivity index (χ4n) is 3.80. The molecular formula is C19H25N5O. The molecule has 0 radical (unpaired) electrons. The van der Waals surface area contributed by atoms with Gasteiger partial charge >= 0.3 is 0 Å². The first-order chi connectivity index (χ1) is 12.1. The number of hydrogen-bond donors (Lipinski definition) is 0. The van der Waals surface area contributed by atoms with E-state index in [9.17, 15) is 4.79 Å². The summed E-state index contributed by atoms with van der Waals surface area (Å²) in [6, 6.07) is 1.98. The summed E-state index contributed by atoms with van der Waals surface area (Å²) in [6.07, 6.45) is 9.09. The van der Waals surface area contributed by atoms with Crippen LogP contribution in [0, 0.1) is 12.8 Å². The van der Waals surface area contributed by atoms with E-state index in [1.165, 1.54) is 6.42 Å². The van der Waals surface area contributed by atoms with E-state index >= 15 is 0 Å². The number of piperidine rings is 1. The second kappa shape index (κ2) is 6.58. The second-order valence-corrected chi connectivity index (χ2v) is 7.37. The number of carbonyl (C=O) groups is 1. The standard InChI is InChI=1S/C19H25N5O/c1-13-11-16(18-20-8-10-23(18)2)22-17(21-13)15-7-4-9-24(12-15)19(25)14-5-3-6-14/h8,10-11,14-15H,3-7,9,12H2,1-2H3/t15-/m1/s1. The largest absolute Gasteiger partial charge is 0.342 e. The number of rotatable bonds is 3. The minimum atomic E-state index is 0.219. The zero-order valence-electron chi connectivity index (χ0n) is 15.0. The van der Waals surface area contributed by atoms with Gasteiger partial charge in [0, 0.05) is 50.1 Å². The van der Waals surface area contributed by atoms with Gasteiger partial charge in [-0.25, -0.2) is 15.0 Å². The van der Waals surface area contributed by atoms with Gasteiger partial charge in [0.05, 0.1) is 0 Å². The third kappa shape index (κ3) is 3.17. The molecule has 1 saturated carbocycles. The average molecular weight is 339 g/mol. The molecule has 1 amide bonds. The SMILES string of the molecule is Cc1cc(-c2nccn2C)nc([C@@H]2CCCN(C(=O)C3CCC3)C2)n1. The number of nitrogens with zero attached hydrogens (tertiary/aromatic N) is 5. The molecule has 1 saturated heterocycles. The normalized spacial score (nSPS) is 21.2. The van der Waals surface area contributed by atoms with E-state index in [1.807, 2.05) is 35.7 Å². The average Bonchev–Trinajstić information content (AvgIpc) is 2.99. The first kappa shape index (κ1) is 16.2. The first-order valence-electron chi connectivity index (χ1n) is 9.24. The Morgan fingerprint density at radius 1 is 1.20 bits per heavy atom. The third-order valence-corrected chi connectivity index (χ3v) is 5.47. The molecule has 2 aliphatic rings. The topological polar surface area (TPSA) is 63.9 Å². The lowest BCUT2D eigenvalue weighted by Gasteiger charge is -2.36. The van der Waals surface area contributed by atoms with E-state index in [2.05, 4.69) is 9.97 Å². The molecule has 0 bridgehead atoms. The summed E-state index contributed by atoms with van der Waals surface area (Å²) in [5.41, 5.74) is 1.81. The van der Waals surface area contributed by atoms with Crippen molar-refractivity contribution in [3.63, 3.8) is 0 Å². The molecule has 2 aromatic heterocycles. The molecule has 0 N–H and O–H groups in total. The lowest BCUT2D eigenvalue weighted by molar-refractivity contribution is -0.139. The van der Waals surface area contributed by atoms with Crippen molar-refractivity contribution < 1.29 is 4.79 Å². The van der Waals surface area contributed by atoms with Crippen molar-refractivity contribution in [3.8, 4) is 11.5 Å². The molecule has 132 valence electrons. The molecule has 3 heterocycles. The molecule has 25 heavy (non-hydrogen) atoms. The van der Waals surface area contributed by atoms with Gasteiger partial charge in [-0.1, -0.05) is 6.42 Å². The fraction of sp³-hybridized carbons (Fsp3) is 0.579. The Kier molecular flexibility index (Phi) is 4.27. The first-order valence-corrected chi connectivity index (χ1v) is 9.24. The summed E-state index contributed by atoms with van der Waals surface area (Å²) in [5.74, 6) is 2.53. The van der Waals surface area contributed by atoms with Crippen LogP contribution in [0.3, 0.4) is 0 Å². The molecule has 2 aromatic rings. The number of carbonyl (C=O) groups excluding carboxylic acids is 1. The highest BCUT2D eigenvalue weighted by Crippen LogP contribution is 2.32. The lowest BCUT2D eigenvalue weighted by atomic mass is 9.83. The lowest BCUT2D eigenvalue weighted by Crippen LogP contribution is -2.44. The maximum absolute atomic E-state index is 12.6. The van der Waals surface area contributed by atoms with Gasteiger partial charge in [0.15, 0.2) is 5.82 Å². The summed E-state index contributed by atoms with van der Waals surface area (Å²) in [4.78, 5) is 28.5. The van der Waals surface area contributed by atoms with Crippen LogP contribution in [0.5, 0.6) is 0 Å². The van der Waals surface area contributed by atoms with Crippen LogP contribution < -0.4 is 0 Å². The Hall–Kier alpha value is -2.24. The maximum atomic E-state index is 12.6.